The molecule has 2 aromatic heterocycles. The van der Waals surface area contributed by atoms with E-state index >= 15 is 0 Å². The molecule has 3 heterocycles. The third-order valence-electron chi connectivity index (χ3n) is 3.73. The van der Waals surface area contributed by atoms with E-state index < -0.39 is 0 Å². The lowest BCUT2D eigenvalue weighted by Gasteiger charge is -2.24. The van der Waals surface area contributed by atoms with Crippen LogP contribution in [0.25, 0.3) is 0 Å². The molecule has 3 rings (SSSR count). The predicted molar refractivity (Wildman–Crippen MR) is 74.7 cm³/mol. The molecule has 0 fully saturated rings. The number of fused-ring (bicyclic) bond motifs is 1. The zero-order valence-electron chi connectivity index (χ0n) is 12.1. The average molecular weight is 273 g/mol. The standard InChI is InChI=1S/C15H19N3O2/c1-9-7-18-8-12(4-5-14(18)16-9)17-15(19)13-6-10(2)20-11(13)3/h6-7,12H,4-5,8H2,1-3H3,(H,17,19)/t12-/m1/s1. The average Bonchev–Trinajstić information content (AvgIpc) is 2.90. The fraction of sp³-hybridized carbons (Fsp3) is 0.467. The van der Waals surface area contributed by atoms with Crippen LogP contribution in [0, 0.1) is 20.8 Å². The zero-order chi connectivity index (χ0) is 14.3. The summed E-state index contributed by atoms with van der Waals surface area (Å²) >= 11 is 0. The quantitative estimate of drug-likeness (QED) is 0.912. The fourth-order valence-corrected chi connectivity index (χ4v) is 2.82. The first-order valence-corrected chi connectivity index (χ1v) is 6.93. The number of aryl methyl sites for hydroxylation is 4. The number of hydrogen-bond acceptors (Lipinski definition) is 3. The first-order chi connectivity index (χ1) is 9.52. The summed E-state index contributed by atoms with van der Waals surface area (Å²) in [7, 11) is 0. The van der Waals surface area contributed by atoms with E-state index in [-0.39, 0.29) is 11.9 Å². The van der Waals surface area contributed by atoms with Crippen LogP contribution >= 0.6 is 0 Å². The molecule has 0 unspecified atom stereocenters. The topological polar surface area (TPSA) is 60.1 Å². The van der Waals surface area contributed by atoms with Crippen molar-refractivity contribution in [2.24, 2.45) is 0 Å². The van der Waals surface area contributed by atoms with Gasteiger partial charge in [0.05, 0.1) is 11.3 Å². The van der Waals surface area contributed by atoms with Crippen molar-refractivity contribution >= 4 is 5.91 Å². The van der Waals surface area contributed by atoms with E-state index in [0.717, 1.165) is 36.7 Å². The van der Waals surface area contributed by atoms with Crippen molar-refractivity contribution < 1.29 is 9.21 Å². The molecule has 0 aromatic carbocycles. The number of imidazole rings is 1. The van der Waals surface area contributed by atoms with Crippen molar-refractivity contribution in [1.29, 1.82) is 0 Å². The summed E-state index contributed by atoms with van der Waals surface area (Å²) in [4.78, 5) is 16.7. The lowest BCUT2D eigenvalue weighted by molar-refractivity contribution is 0.0926. The molecule has 0 saturated carbocycles. The van der Waals surface area contributed by atoms with Gasteiger partial charge >= 0.3 is 0 Å². The molecule has 1 aliphatic heterocycles. The van der Waals surface area contributed by atoms with E-state index in [1.54, 1.807) is 6.07 Å². The maximum Gasteiger partial charge on any atom is 0.255 e. The number of rotatable bonds is 2. The van der Waals surface area contributed by atoms with Gasteiger partial charge in [0.15, 0.2) is 0 Å². The first kappa shape index (κ1) is 13.0. The van der Waals surface area contributed by atoms with Crippen molar-refractivity contribution in [3.8, 4) is 0 Å². The second kappa shape index (κ2) is 4.81. The molecule has 0 radical (unpaired) electrons. The lowest BCUT2D eigenvalue weighted by Crippen LogP contribution is -2.40. The highest BCUT2D eigenvalue weighted by Crippen LogP contribution is 2.17. The van der Waals surface area contributed by atoms with Crippen LogP contribution in [-0.4, -0.2) is 21.5 Å². The molecule has 0 aliphatic carbocycles. The van der Waals surface area contributed by atoms with E-state index in [0.29, 0.717) is 11.3 Å². The van der Waals surface area contributed by atoms with Gasteiger partial charge in [-0.05, 0) is 33.3 Å². The number of carbonyl (C=O) groups is 1. The van der Waals surface area contributed by atoms with Crippen LogP contribution in [0.1, 0.15) is 39.8 Å². The van der Waals surface area contributed by atoms with Crippen molar-refractivity contribution in [3.63, 3.8) is 0 Å². The molecule has 0 bridgehead atoms. The highest BCUT2D eigenvalue weighted by molar-refractivity contribution is 5.95. The molecular weight excluding hydrogens is 254 g/mol. The monoisotopic (exact) mass is 273 g/mol. The Hall–Kier alpha value is -2.04. The Labute approximate surface area is 118 Å². The smallest absolute Gasteiger partial charge is 0.255 e. The molecule has 1 aliphatic rings. The number of nitrogens with zero attached hydrogens (tertiary/aromatic N) is 2. The summed E-state index contributed by atoms with van der Waals surface area (Å²) in [5, 5.41) is 3.09. The lowest BCUT2D eigenvalue weighted by atomic mass is 10.1. The highest BCUT2D eigenvalue weighted by Gasteiger charge is 2.23. The maximum absolute atomic E-state index is 12.3. The molecule has 20 heavy (non-hydrogen) atoms. The third-order valence-corrected chi connectivity index (χ3v) is 3.73. The molecule has 5 heteroatoms. The second-order valence-corrected chi connectivity index (χ2v) is 5.49. The van der Waals surface area contributed by atoms with Gasteiger partial charge in [-0.3, -0.25) is 4.79 Å². The molecule has 2 aromatic rings. The van der Waals surface area contributed by atoms with Gasteiger partial charge < -0.3 is 14.3 Å². The summed E-state index contributed by atoms with van der Waals surface area (Å²) in [5.74, 6) is 2.51. The Morgan fingerprint density at radius 1 is 1.45 bits per heavy atom. The van der Waals surface area contributed by atoms with Crippen LogP contribution < -0.4 is 5.32 Å². The van der Waals surface area contributed by atoms with Gasteiger partial charge in [0.1, 0.15) is 17.3 Å². The molecule has 5 nitrogen and oxygen atoms in total. The maximum atomic E-state index is 12.3. The highest BCUT2D eigenvalue weighted by atomic mass is 16.3. The van der Waals surface area contributed by atoms with Crippen molar-refractivity contribution in [1.82, 2.24) is 14.9 Å². The number of carbonyl (C=O) groups excluding carboxylic acids is 1. The summed E-state index contributed by atoms with van der Waals surface area (Å²) in [6.45, 7) is 6.46. The van der Waals surface area contributed by atoms with Crippen LogP contribution in [0.3, 0.4) is 0 Å². The number of amides is 1. The molecular formula is C15H19N3O2. The van der Waals surface area contributed by atoms with Crippen molar-refractivity contribution in [3.05, 3.63) is 40.9 Å². The van der Waals surface area contributed by atoms with Gasteiger partial charge in [0.2, 0.25) is 0 Å². The van der Waals surface area contributed by atoms with Gasteiger partial charge in [-0.25, -0.2) is 4.98 Å². The third kappa shape index (κ3) is 2.35. The van der Waals surface area contributed by atoms with Gasteiger partial charge in [-0.15, -0.1) is 0 Å². The summed E-state index contributed by atoms with van der Waals surface area (Å²) in [6, 6.07) is 1.94. The minimum atomic E-state index is -0.0513. The van der Waals surface area contributed by atoms with E-state index in [1.807, 2.05) is 27.0 Å². The Bertz CT molecular complexity index is 654. The Morgan fingerprint density at radius 3 is 2.95 bits per heavy atom. The van der Waals surface area contributed by atoms with Crippen LogP contribution in [0.4, 0.5) is 0 Å². The van der Waals surface area contributed by atoms with Crippen LogP contribution in [0.15, 0.2) is 16.7 Å². The van der Waals surface area contributed by atoms with E-state index in [2.05, 4.69) is 14.9 Å². The van der Waals surface area contributed by atoms with Crippen molar-refractivity contribution in [2.75, 3.05) is 0 Å². The number of hydrogen-bond donors (Lipinski definition) is 1. The molecule has 0 spiro atoms. The Balaban J connectivity index is 1.70. The molecule has 1 amide bonds. The van der Waals surface area contributed by atoms with Crippen LogP contribution in [0.2, 0.25) is 0 Å². The SMILES string of the molecule is Cc1cn2c(n1)CC[C@@H](NC(=O)c1cc(C)oc1C)C2. The summed E-state index contributed by atoms with van der Waals surface area (Å²) < 4.78 is 7.54. The number of aromatic nitrogens is 2. The summed E-state index contributed by atoms with van der Waals surface area (Å²) in [5.41, 5.74) is 1.67. The fourth-order valence-electron chi connectivity index (χ4n) is 2.82. The van der Waals surface area contributed by atoms with Crippen LogP contribution in [-0.2, 0) is 13.0 Å². The molecule has 106 valence electrons. The van der Waals surface area contributed by atoms with E-state index in [4.69, 9.17) is 4.42 Å². The Morgan fingerprint density at radius 2 is 2.25 bits per heavy atom. The summed E-state index contributed by atoms with van der Waals surface area (Å²) in [6.07, 6.45) is 3.88. The molecule has 1 atom stereocenters. The minimum absolute atomic E-state index is 0.0513. The largest absolute Gasteiger partial charge is 0.466 e. The first-order valence-electron chi connectivity index (χ1n) is 6.93. The van der Waals surface area contributed by atoms with Gasteiger partial charge in [0, 0.05) is 25.2 Å². The van der Waals surface area contributed by atoms with Gasteiger partial charge in [-0.2, -0.15) is 0 Å². The number of furan rings is 1. The molecule has 1 N–H and O–H groups in total. The van der Waals surface area contributed by atoms with Crippen molar-refractivity contribution in [2.45, 2.75) is 46.2 Å². The van der Waals surface area contributed by atoms with E-state index in [1.165, 1.54) is 0 Å². The molecule has 0 saturated heterocycles. The minimum Gasteiger partial charge on any atom is -0.466 e. The second-order valence-electron chi connectivity index (χ2n) is 5.49. The predicted octanol–water partition coefficient (Wildman–Crippen LogP) is 2.15. The number of nitrogens with one attached hydrogen (secondary N) is 1. The van der Waals surface area contributed by atoms with Gasteiger partial charge in [-0.1, -0.05) is 0 Å². The van der Waals surface area contributed by atoms with Crippen LogP contribution in [0.5, 0.6) is 0 Å². The van der Waals surface area contributed by atoms with E-state index in [9.17, 15) is 4.79 Å². The normalized spacial score (nSPS) is 17.9. The van der Waals surface area contributed by atoms with Gasteiger partial charge in [0.25, 0.3) is 5.91 Å². The Kier molecular flexibility index (Phi) is 3.12. The zero-order valence-corrected chi connectivity index (χ0v) is 12.1.